The van der Waals surface area contributed by atoms with E-state index in [4.69, 9.17) is 26.2 Å². The highest BCUT2D eigenvalue weighted by Crippen LogP contribution is 2.08. The van der Waals surface area contributed by atoms with Gasteiger partial charge >= 0.3 is 17.9 Å². The van der Waals surface area contributed by atoms with Gasteiger partial charge in [0.25, 0.3) is 0 Å². The highest BCUT2D eigenvalue weighted by atomic mass is 16.4. The van der Waals surface area contributed by atoms with E-state index in [1.165, 1.54) is 0 Å². The van der Waals surface area contributed by atoms with Gasteiger partial charge in [0, 0.05) is 6.42 Å². The molecule has 14 nitrogen and oxygen atoms in total. The number of carbonyl (C=O) groups excluding carboxylic acids is 3. The molecular formula is C18H30N4O10. The van der Waals surface area contributed by atoms with E-state index in [0.717, 1.165) is 0 Å². The lowest BCUT2D eigenvalue weighted by atomic mass is 10.0. The average molecular weight is 462 g/mol. The summed E-state index contributed by atoms with van der Waals surface area (Å²) in [6, 6.07) is -5.81. The van der Waals surface area contributed by atoms with Gasteiger partial charge in [-0.05, 0) is 18.8 Å². The molecule has 4 atom stereocenters. The summed E-state index contributed by atoms with van der Waals surface area (Å²) in [6.45, 7) is 2.70. The molecule has 0 radical (unpaired) electrons. The van der Waals surface area contributed by atoms with Crippen molar-refractivity contribution in [1.82, 2.24) is 16.0 Å². The lowest BCUT2D eigenvalue weighted by Crippen LogP contribution is -2.57. The fourth-order valence-electron chi connectivity index (χ4n) is 2.52. The minimum atomic E-state index is -1.74. The van der Waals surface area contributed by atoms with Crippen LogP contribution in [0.4, 0.5) is 0 Å². The van der Waals surface area contributed by atoms with Gasteiger partial charge in [-0.3, -0.25) is 24.0 Å². The largest absolute Gasteiger partial charge is 0.481 e. The topological polar surface area (TPSA) is 245 Å². The van der Waals surface area contributed by atoms with Crippen LogP contribution in [0.1, 0.15) is 39.5 Å². The maximum atomic E-state index is 12.7. The van der Waals surface area contributed by atoms with Crippen LogP contribution in [-0.2, 0) is 28.8 Å². The van der Waals surface area contributed by atoms with Crippen molar-refractivity contribution in [3.63, 3.8) is 0 Å². The van der Waals surface area contributed by atoms with Gasteiger partial charge < -0.3 is 42.1 Å². The van der Waals surface area contributed by atoms with Crippen LogP contribution in [0, 0.1) is 5.92 Å². The van der Waals surface area contributed by atoms with E-state index in [1.54, 1.807) is 13.8 Å². The van der Waals surface area contributed by atoms with Gasteiger partial charge in [-0.25, -0.2) is 4.79 Å². The Morgan fingerprint density at radius 2 is 1.28 bits per heavy atom. The molecule has 182 valence electrons. The lowest BCUT2D eigenvalue weighted by molar-refractivity contribution is -0.147. The quantitative estimate of drug-likeness (QED) is 0.124. The van der Waals surface area contributed by atoms with E-state index in [0.29, 0.717) is 0 Å². The van der Waals surface area contributed by atoms with Gasteiger partial charge in [0.2, 0.25) is 17.7 Å². The number of nitrogens with one attached hydrogen (secondary N) is 3. The van der Waals surface area contributed by atoms with E-state index in [2.05, 4.69) is 10.6 Å². The summed E-state index contributed by atoms with van der Waals surface area (Å²) in [6.07, 6.45) is -1.71. The third-order valence-corrected chi connectivity index (χ3v) is 4.15. The first-order valence-corrected chi connectivity index (χ1v) is 9.72. The predicted molar refractivity (Wildman–Crippen MR) is 107 cm³/mol. The van der Waals surface area contributed by atoms with Crippen molar-refractivity contribution in [3.8, 4) is 0 Å². The lowest BCUT2D eigenvalue weighted by Gasteiger charge is -2.25. The van der Waals surface area contributed by atoms with Crippen LogP contribution in [0.25, 0.3) is 0 Å². The van der Waals surface area contributed by atoms with Crippen LogP contribution in [0.3, 0.4) is 0 Å². The number of carbonyl (C=O) groups is 6. The monoisotopic (exact) mass is 462 g/mol. The van der Waals surface area contributed by atoms with Crippen molar-refractivity contribution < 1.29 is 49.2 Å². The van der Waals surface area contributed by atoms with E-state index in [-0.39, 0.29) is 18.8 Å². The van der Waals surface area contributed by atoms with E-state index in [9.17, 15) is 28.8 Å². The van der Waals surface area contributed by atoms with Crippen LogP contribution in [-0.4, -0.2) is 86.8 Å². The first-order chi connectivity index (χ1) is 14.8. The SMILES string of the molecule is CC(C)CC(NC(=O)C(CCC(=O)O)NC(=O)C(N)CO)C(=O)NC(CC(=O)O)C(=O)O. The molecule has 0 aliphatic carbocycles. The number of carboxylic acid groups (broad SMARTS) is 3. The number of hydrogen-bond donors (Lipinski definition) is 8. The summed E-state index contributed by atoms with van der Waals surface area (Å²) in [5.41, 5.74) is 5.38. The molecule has 32 heavy (non-hydrogen) atoms. The summed E-state index contributed by atoms with van der Waals surface area (Å²) in [7, 11) is 0. The molecule has 0 spiro atoms. The van der Waals surface area contributed by atoms with Gasteiger partial charge in [-0.1, -0.05) is 13.8 Å². The van der Waals surface area contributed by atoms with Gasteiger partial charge in [0.15, 0.2) is 0 Å². The van der Waals surface area contributed by atoms with Crippen molar-refractivity contribution in [2.45, 2.75) is 63.7 Å². The van der Waals surface area contributed by atoms with Crippen molar-refractivity contribution in [1.29, 1.82) is 0 Å². The first-order valence-electron chi connectivity index (χ1n) is 9.72. The average Bonchev–Trinajstić information content (AvgIpc) is 2.67. The standard InChI is InChI=1S/C18H30N4O10/c1-8(2)5-11(17(30)22-12(18(31)32)6-14(26)27)21-16(29)10(3-4-13(24)25)20-15(28)9(19)7-23/h8-12,23H,3-7,19H2,1-2H3,(H,20,28)(H,21,29)(H,22,30)(H,24,25)(H,26,27)(H,31,32). The Kier molecular flexibility index (Phi) is 12.5. The van der Waals surface area contributed by atoms with Crippen LogP contribution in [0.5, 0.6) is 0 Å². The predicted octanol–water partition coefficient (Wildman–Crippen LogP) is -2.77. The van der Waals surface area contributed by atoms with Crippen LogP contribution in [0.15, 0.2) is 0 Å². The number of aliphatic hydroxyl groups is 1. The molecule has 0 saturated carbocycles. The molecule has 9 N–H and O–H groups in total. The molecular weight excluding hydrogens is 432 g/mol. The normalized spacial score (nSPS) is 14.5. The Labute approximate surface area is 183 Å². The zero-order chi connectivity index (χ0) is 25.0. The smallest absolute Gasteiger partial charge is 0.326 e. The number of carboxylic acids is 3. The molecule has 0 aromatic heterocycles. The zero-order valence-corrected chi connectivity index (χ0v) is 17.7. The molecule has 14 heteroatoms. The van der Waals surface area contributed by atoms with E-state index >= 15 is 0 Å². The number of rotatable bonds is 15. The Hall–Kier alpha value is -3.26. The minimum absolute atomic E-state index is 0.0345. The second-order valence-corrected chi connectivity index (χ2v) is 7.47. The minimum Gasteiger partial charge on any atom is -0.481 e. The van der Waals surface area contributed by atoms with Gasteiger partial charge in [0.05, 0.1) is 13.0 Å². The third-order valence-electron chi connectivity index (χ3n) is 4.15. The maximum absolute atomic E-state index is 12.7. The van der Waals surface area contributed by atoms with Gasteiger partial charge in [-0.15, -0.1) is 0 Å². The molecule has 0 aliphatic rings. The maximum Gasteiger partial charge on any atom is 0.326 e. The van der Waals surface area contributed by atoms with E-state index in [1.807, 2.05) is 5.32 Å². The molecule has 4 unspecified atom stereocenters. The van der Waals surface area contributed by atoms with E-state index < -0.39 is 79.2 Å². The van der Waals surface area contributed by atoms with Crippen molar-refractivity contribution in [2.24, 2.45) is 11.7 Å². The summed E-state index contributed by atoms with van der Waals surface area (Å²) in [5, 5.41) is 42.3. The number of hydrogen-bond acceptors (Lipinski definition) is 8. The number of aliphatic carboxylic acids is 3. The molecule has 0 fully saturated rings. The van der Waals surface area contributed by atoms with Gasteiger partial charge in [-0.2, -0.15) is 0 Å². The summed E-state index contributed by atoms with van der Waals surface area (Å²) in [5.74, 6) is -7.28. The molecule has 0 bridgehead atoms. The Balaban J connectivity index is 5.53. The molecule has 0 aromatic rings. The second kappa shape index (κ2) is 13.9. The molecule has 3 amide bonds. The van der Waals surface area contributed by atoms with Crippen molar-refractivity contribution in [2.75, 3.05) is 6.61 Å². The zero-order valence-electron chi connectivity index (χ0n) is 17.7. The van der Waals surface area contributed by atoms with Crippen molar-refractivity contribution >= 4 is 35.6 Å². The highest BCUT2D eigenvalue weighted by Gasteiger charge is 2.31. The Morgan fingerprint density at radius 1 is 0.781 bits per heavy atom. The fourth-order valence-corrected chi connectivity index (χ4v) is 2.52. The molecule has 0 aliphatic heterocycles. The van der Waals surface area contributed by atoms with Gasteiger partial charge in [0.1, 0.15) is 24.2 Å². The van der Waals surface area contributed by atoms with Crippen molar-refractivity contribution in [3.05, 3.63) is 0 Å². The summed E-state index contributed by atoms with van der Waals surface area (Å²) in [4.78, 5) is 70.1. The molecule has 0 rings (SSSR count). The van der Waals surface area contributed by atoms with Crippen LogP contribution < -0.4 is 21.7 Å². The Bertz CT molecular complexity index is 712. The number of nitrogens with two attached hydrogens (primary N) is 1. The first kappa shape index (κ1) is 28.7. The Morgan fingerprint density at radius 3 is 1.72 bits per heavy atom. The molecule has 0 heterocycles. The number of aliphatic hydroxyl groups excluding tert-OH is 1. The summed E-state index contributed by atoms with van der Waals surface area (Å²) < 4.78 is 0. The second-order valence-electron chi connectivity index (χ2n) is 7.47. The van der Waals surface area contributed by atoms with Crippen LogP contribution in [0.2, 0.25) is 0 Å². The third kappa shape index (κ3) is 11.2. The molecule has 0 aromatic carbocycles. The highest BCUT2D eigenvalue weighted by molar-refractivity contribution is 5.94. The molecule has 0 saturated heterocycles. The number of amides is 3. The fraction of sp³-hybridized carbons (Fsp3) is 0.667. The van der Waals surface area contributed by atoms with Crippen LogP contribution >= 0.6 is 0 Å². The summed E-state index contributed by atoms with van der Waals surface area (Å²) >= 11 is 0.